The number of halogens is 1. The molecule has 1 amide bonds. The fourth-order valence-corrected chi connectivity index (χ4v) is 5.00. The van der Waals surface area contributed by atoms with Gasteiger partial charge in [-0.1, -0.05) is 42.8 Å². The molecule has 5 rings (SSSR count). The Balaban J connectivity index is 1.35. The second kappa shape index (κ2) is 13.3. The van der Waals surface area contributed by atoms with Crippen LogP contribution >= 0.6 is 11.6 Å². The Morgan fingerprint density at radius 3 is 2.49 bits per heavy atom. The first-order valence-electron chi connectivity index (χ1n) is 14.0. The van der Waals surface area contributed by atoms with Crippen LogP contribution in [-0.2, 0) is 4.79 Å². The van der Waals surface area contributed by atoms with Crippen LogP contribution in [0.3, 0.4) is 0 Å². The van der Waals surface area contributed by atoms with E-state index >= 15 is 0 Å². The summed E-state index contributed by atoms with van der Waals surface area (Å²) in [6.45, 7) is 4.45. The number of ether oxygens (including phenoxy) is 1. The van der Waals surface area contributed by atoms with Gasteiger partial charge in [0.2, 0.25) is 0 Å². The molecule has 10 nitrogen and oxygen atoms in total. The topological polar surface area (TPSA) is 139 Å². The maximum atomic E-state index is 12.5. The number of fused-ring (bicyclic) bond motifs is 3. The lowest BCUT2D eigenvalue weighted by Crippen LogP contribution is -2.30. The number of hydrogen-bond acceptors (Lipinski definition) is 8. The molecule has 0 spiro atoms. The average molecular weight is 600 g/mol. The quantitative estimate of drug-likeness (QED) is 0.177. The van der Waals surface area contributed by atoms with Crippen molar-refractivity contribution in [2.45, 2.75) is 39.2 Å². The minimum Gasteiger partial charge on any atom is -0.494 e. The molecule has 3 aromatic carbocycles. The van der Waals surface area contributed by atoms with Crippen molar-refractivity contribution in [3.8, 4) is 11.4 Å². The van der Waals surface area contributed by atoms with Gasteiger partial charge in [0.25, 0.3) is 5.91 Å². The Hall–Kier alpha value is -4.32. The molecule has 12 heteroatoms. The molecule has 2 heterocycles. The number of aromatic nitrogens is 3. The molecule has 1 atom stereocenters. The molecule has 0 radical (unpaired) electrons. The Labute approximate surface area is 254 Å². The number of nitrogens with zero attached hydrogens (tertiary/aromatic N) is 4. The molecule has 0 fully saturated rings. The number of benzene rings is 3. The first-order valence-corrected chi connectivity index (χ1v) is 14.4. The Morgan fingerprint density at radius 2 is 1.79 bits per heavy atom. The van der Waals surface area contributed by atoms with Gasteiger partial charge in [-0.25, -0.2) is 0 Å². The van der Waals surface area contributed by atoms with Crippen molar-refractivity contribution in [1.82, 2.24) is 20.1 Å². The summed E-state index contributed by atoms with van der Waals surface area (Å²) in [4.78, 5) is 30.0. The lowest BCUT2D eigenvalue weighted by molar-refractivity contribution is -0.119. The Kier molecular flexibility index (Phi) is 9.35. The molecule has 0 saturated carbocycles. The number of aryl methyl sites for hydroxylation is 1. The number of Topliss-reactive ketones (excluding diaryl/α,β-unsaturated/α-hetero) is 1. The monoisotopic (exact) mass is 599 g/mol. The predicted octanol–water partition coefficient (Wildman–Crippen LogP) is 3.37. The SMILES string of the molecule is CCC(=O)C[C@@H]1N=C(c2ccc(Cl)cc2)c2cc(OCCCNC(=O)c3ccc(B(O)O)cc3)ccc2-n2c(C)nnc21. The van der Waals surface area contributed by atoms with Crippen LogP contribution in [0.25, 0.3) is 5.69 Å². The second-order valence-corrected chi connectivity index (χ2v) is 10.6. The van der Waals surface area contributed by atoms with Gasteiger partial charge in [0, 0.05) is 41.1 Å². The lowest BCUT2D eigenvalue weighted by atomic mass is 9.80. The van der Waals surface area contributed by atoms with Crippen LogP contribution in [0.2, 0.25) is 5.02 Å². The summed E-state index contributed by atoms with van der Waals surface area (Å²) >= 11 is 6.18. The van der Waals surface area contributed by atoms with E-state index in [1.165, 1.54) is 12.1 Å². The zero-order valence-electron chi connectivity index (χ0n) is 23.8. The maximum absolute atomic E-state index is 12.5. The van der Waals surface area contributed by atoms with Gasteiger partial charge in [-0.2, -0.15) is 0 Å². The van der Waals surface area contributed by atoms with Crippen LogP contribution in [0.15, 0.2) is 71.7 Å². The minimum atomic E-state index is -1.58. The number of ketones is 1. The standard InChI is InChI=1S/C31H31BClN5O5/c1-3-24(39)17-27-30-37-36-19(2)38(30)28-14-13-25(18-26(28)29(35-27)20-7-11-23(33)12-8-20)43-16-4-15-34-31(40)21-5-9-22(10-6-21)32(41)42/h5-14,18,27,41-42H,3-4,15-17H2,1-2H3,(H,34,40)/t27-/m0/s1. The summed E-state index contributed by atoms with van der Waals surface area (Å²) < 4.78 is 8.02. The van der Waals surface area contributed by atoms with Gasteiger partial charge >= 0.3 is 7.12 Å². The van der Waals surface area contributed by atoms with Crippen molar-refractivity contribution < 1.29 is 24.4 Å². The van der Waals surface area contributed by atoms with Gasteiger partial charge in [-0.3, -0.25) is 19.1 Å². The number of hydrogen-bond donors (Lipinski definition) is 3. The van der Waals surface area contributed by atoms with Gasteiger partial charge < -0.3 is 20.1 Å². The highest BCUT2D eigenvalue weighted by atomic mass is 35.5. The van der Waals surface area contributed by atoms with Gasteiger partial charge in [0.1, 0.15) is 23.4 Å². The summed E-state index contributed by atoms with van der Waals surface area (Å²) in [5.41, 5.74) is 3.92. The highest BCUT2D eigenvalue weighted by Crippen LogP contribution is 2.34. The van der Waals surface area contributed by atoms with Crippen LogP contribution in [0.1, 0.15) is 65.4 Å². The third-order valence-electron chi connectivity index (χ3n) is 7.18. The van der Waals surface area contributed by atoms with Crippen molar-refractivity contribution in [2.75, 3.05) is 13.2 Å². The van der Waals surface area contributed by atoms with E-state index in [4.69, 9.17) is 21.3 Å². The van der Waals surface area contributed by atoms with E-state index in [9.17, 15) is 19.6 Å². The van der Waals surface area contributed by atoms with Crippen molar-refractivity contribution in [3.05, 3.63) is 100 Å². The van der Waals surface area contributed by atoms with Gasteiger partial charge in [0.15, 0.2) is 5.82 Å². The molecule has 1 aliphatic rings. The average Bonchev–Trinajstić information content (AvgIpc) is 3.33. The molecular formula is C31H31BClN5O5. The molecule has 1 aliphatic heterocycles. The van der Waals surface area contributed by atoms with Crippen LogP contribution < -0.4 is 15.5 Å². The Bertz CT molecular complexity index is 1650. The number of carbonyl (C=O) groups is 2. The molecule has 0 unspecified atom stereocenters. The van der Waals surface area contributed by atoms with Crippen molar-refractivity contribution in [3.63, 3.8) is 0 Å². The number of amides is 1. The lowest BCUT2D eigenvalue weighted by Gasteiger charge is -2.15. The molecule has 0 aliphatic carbocycles. The van der Waals surface area contributed by atoms with Crippen LogP contribution in [0.5, 0.6) is 5.75 Å². The van der Waals surface area contributed by atoms with Gasteiger partial charge in [0.05, 0.1) is 18.0 Å². The van der Waals surface area contributed by atoms with E-state index in [0.717, 1.165) is 16.8 Å². The fraction of sp³-hybridized carbons (Fsp3) is 0.258. The van der Waals surface area contributed by atoms with Gasteiger partial charge in [-0.15, -0.1) is 10.2 Å². The smallest absolute Gasteiger partial charge is 0.488 e. The number of aliphatic imine (C=N–C) groups is 1. The Morgan fingerprint density at radius 1 is 1.05 bits per heavy atom. The zero-order chi connectivity index (χ0) is 30.5. The van der Waals surface area contributed by atoms with E-state index < -0.39 is 13.2 Å². The largest absolute Gasteiger partial charge is 0.494 e. The zero-order valence-corrected chi connectivity index (χ0v) is 24.6. The summed E-state index contributed by atoms with van der Waals surface area (Å²) in [6.07, 6.45) is 1.17. The molecule has 1 aromatic heterocycles. The van der Waals surface area contributed by atoms with Crippen molar-refractivity contribution in [1.29, 1.82) is 0 Å². The molecule has 0 bridgehead atoms. The predicted molar refractivity (Wildman–Crippen MR) is 165 cm³/mol. The molecule has 3 N–H and O–H groups in total. The van der Waals surface area contributed by atoms with Crippen LogP contribution in [-0.4, -0.2) is 62.5 Å². The van der Waals surface area contributed by atoms with E-state index in [2.05, 4.69) is 15.5 Å². The second-order valence-electron chi connectivity index (χ2n) is 10.2. The van der Waals surface area contributed by atoms with Crippen molar-refractivity contribution >= 4 is 41.6 Å². The third kappa shape index (κ3) is 6.85. The molecule has 4 aromatic rings. The van der Waals surface area contributed by atoms with E-state index in [1.54, 1.807) is 24.3 Å². The van der Waals surface area contributed by atoms with Crippen LogP contribution in [0, 0.1) is 6.92 Å². The highest BCUT2D eigenvalue weighted by Gasteiger charge is 2.29. The highest BCUT2D eigenvalue weighted by molar-refractivity contribution is 6.58. The summed E-state index contributed by atoms with van der Waals surface area (Å²) in [7, 11) is -1.58. The summed E-state index contributed by atoms with van der Waals surface area (Å²) in [6, 6.07) is 18.7. The number of rotatable bonds is 11. The van der Waals surface area contributed by atoms with Gasteiger partial charge in [-0.05, 0) is 61.3 Å². The van der Waals surface area contributed by atoms with Crippen LogP contribution in [0.4, 0.5) is 0 Å². The first kappa shape index (κ1) is 30.2. The van der Waals surface area contributed by atoms with E-state index in [0.29, 0.717) is 65.2 Å². The molecular weight excluding hydrogens is 569 g/mol. The normalized spacial score (nSPS) is 13.8. The number of carbonyl (C=O) groups excluding carboxylic acids is 2. The number of nitrogens with one attached hydrogen (secondary N) is 1. The fourth-order valence-electron chi connectivity index (χ4n) is 4.87. The minimum absolute atomic E-state index is 0.0828. The third-order valence-corrected chi connectivity index (χ3v) is 7.43. The van der Waals surface area contributed by atoms with E-state index in [1.807, 2.05) is 48.7 Å². The van der Waals surface area contributed by atoms with E-state index in [-0.39, 0.29) is 18.1 Å². The summed E-state index contributed by atoms with van der Waals surface area (Å²) in [5, 5.41) is 30.6. The molecule has 43 heavy (non-hydrogen) atoms. The summed E-state index contributed by atoms with van der Waals surface area (Å²) in [5.74, 6) is 1.74. The maximum Gasteiger partial charge on any atom is 0.488 e. The molecule has 220 valence electrons. The first-order chi connectivity index (χ1) is 20.7. The van der Waals surface area contributed by atoms with Crippen molar-refractivity contribution in [2.24, 2.45) is 4.99 Å². The molecule has 0 saturated heterocycles.